The number of rotatable bonds is 0. The molecule has 0 radical (unpaired) electrons. The fraction of sp³-hybridized carbons (Fsp3) is 1.00. The van der Waals surface area contributed by atoms with Crippen molar-refractivity contribution in [3.05, 3.63) is 0 Å². The predicted octanol–water partition coefficient (Wildman–Crippen LogP) is 0.317. The van der Waals surface area contributed by atoms with Gasteiger partial charge in [0.25, 0.3) is 0 Å². The zero-order chi connectivity index (χ0) is 8.66. The van der Waals surface area contributed by atoms with Gasteiger partial charge in [0, 0.05) is 6.54 Å². The topological polar surface area (TPSA) is 46.2 Å². The third kappa shape index (κ3) is 1.09. The Labute approximate surface area is 73.5 Å². The highest BCUT2D eigenvalue weighted by atomic mass is 32.2. The Morgan fingerprint density at radius 1 is 1.08 bits per heavy atom. The van der Waals surface area contributed by atoms with E-state index in [0.717, 1.165) is 32.2 Å². The minimum absolute atomic E-state index is 0.309. The maximum atomic E-state index is 11.8. The van der Waals surface area contributed by atoms with Gasteiger partial charge in [0.05, 0.1) is 10.5 Å². The van der Waals surface area contributed by atoms with Crippen molar-refractivity contribution in [2.24, 2.45) is 0 Å². The van der Waals surface area contributed by atoms with Gasteiger partial charge in [-0.05, 0) is 25.8 Å². The lowest BCUT2D eigenvalue weighted by Gasteiger charge is -2.39. The van der Waals surface area contributed by atoms with Crippen molar-refractivity contribution in [3.8, 4) is 0 Å². The van der Waals surface area contributed by atoms with Crippen LogP contribution in [0, 0.1) is 0 Å². The zero-order valence-corrected chi connectivity index (χ0v) is 7.99. The van der Waals surface area contributed by atoms with Crippen molar-refractivity contribution in [3.63, 3.8) is 0 Å². The highest BCUT2D eigenvalue weighted by Crippen LogP contribution is 2.42. The first-order chi connectivity index (χ1) is 5.66. The summed E-state index contributed by atoms with van der Waals surface area (Å²) in [7, 11) is -2.79. The molecule has 2 fully saturated rings. The molecule has 1 saturated carbocycles. The normalized spacial score (nSPS) is 32.3. The van der Waals surface area contributed by atoms with Crippen molar-refractivity contribution in [2.75, 3.05) is 18.8 Å². The smallest absolute Gasteiger partial charge is 0.157 e. The van der Waals surface area contributed by atoms with Gasteiger partial charge in [0.1, 0.15) is 0 Å². The summed E-state index contributed by atoms with van der Waals surface area (Å²) in [6.45, 7) is 1.52. The average Bonchev–Trinajstić information content (AvgIpc) is 2.05. The highest BCUT2D eigenvalue weighted by molar-refractivity contribution is 7.92. The van der Waals surface area contributed by atoms with Crippen LogP contribution in [-0.2, 0) is 9.84 Å². The van der Waals surface area contributed by atoms with E-state index in [1.54, 1.807) is 0 Å². The molecule has 0 bridgehead atoms. The van der Waals surface area contributed by atoms with E-state index in [4.69, 9.17) is 0 Å². The van der Waals surface area contributed by atoms with Gasteiger partial charge in [-0.15, -0.1) is 0 Å². The number of nitrogens with one attached hydrogen (secondary N) is 1. The van der Waals surface area contributed by atoms with Gasteiger partial charge in [-0.2, -0.15) is 0 Å². The molecule has 0 unspecified atom stereocenters. The van der Waals surface area contributed by atoms with Crippen molar-refractivity contribution >= 4 is 9.84 Å². The van der Waals surface area contributed by atoms with E-state index in [2.05, 4.69) is 5.32 Å². The molecule has 4 heteroatoms. The standard InChI is InChI=1S/C8H15NO2S/c10-12(11)7-6-9-5-4-8(12)2-1-3-8/h9H,1-7H2. The van der Waals surface area contributed by atoms with Crippen LogP contribution in [0.3, 0.4) is 0 Å². The lowest BCUT2D eigenvalue weighted by molar-refractivity contribution is 0.321. The van der Waals surface area contributed by atoms with E-state index >= 15 is 0 Å². The SMILES string of the molecule is O=S1(=O)CCNCCC12CCC2. The maximum Gasteiger partial charge on any atom is 0.157 e. The third-order valence-corrected chi connectivity index (χ3v) is 5.90. The van der Waals surface area contributed by atoms with Crippen LogP contribution >= 0.6 is 0 Å². The summed E-state index contributed by atoms with van der Waals surface area (Å²) in [4.78, 5) is 0. The van der Waals surface area contributed by atoms with Crippen LogP contribution in [0.5, 0.6) is 0 Å². The fourth-order valence-corrected chi connectivity index (χ4v) is 4.32. The second kappa shape index (κ2) is 2.70. The lowest BCUT2D eigenvalue weighted by Crippen LogP contribution is -2.46. The molecule has 1 aliphatic carbocycles. The summed E-state index contributed by atoms with van der Waals surface area (Å²) in [6, 6.07) is 0. The molecule has 0 amide bonds. The van der Waals surface area contributed by atoms with Crippen LogP contribution in [0.1, 0.15) is 25.7 Å². The van der Waals surface area contributed by atoms with Crippen LogP contribution < -0.4 is 5.32 Å². The number of sulfone groups is 1. The van der Waals surface area contributed by atoms with E-state index in [9.17, 15) is 8.42 Å². The Kier molecular flexibility index (Phi) is 1.92. The minimum Gasteiger partial charge on any atom is -0.316 e. The molecule has 1 heterocycles. The summed E-state index contributed by atoms with van der Waals surface area (Å²) in [5, 5.41) is 3.15. The van der Waals surface area contributed by atoms with E-state index in [1.165, 1.54) is 0 Å². The first-order valence-corrected chi connectivity index (χ1v) is 6.25. The van der Waals surface area contributed by atoms with Crippen LogP contribution in [-0.4, -0.2) is 32.0 Å². The van der Waals surface area contributed by atoms with E-state index in [1.807, 2.05) is 0 Å². The molecule has 0 aromatic heterocycles. The Bertz CT molecular complexity index is 267. The second-order valence-corrected chi connectivity index (χ2v) is 6.36. The molecule has 2 rings (SSSR count). The van der Waals surface area contributed by atoms with Gasteiger partial charge in [0.15, 0.2) is 9.84 Å². The molecule has 0 aromatic carbocycles. The largest absolute Gasteiger partial charge is 0.316 e. The predicted molar refractivity (Wildman–Crippen MR) is 47.9 cm³/mol. The molecular formula is C8H15NO2S. The summed E-state index contributed by atoms with van der Waals surface area (Å²) >= 11 is 0. The Morgan fingerprint density at radius 3 is 2.42 bits per heavy atom. The molecule has 0 aromatic rings. The monoisotopic (exact) mass is 189 g/mol. The molecule has 1 saturated heterocycles. The van der Waals surface area contributed by atoms with E-state index in [0.29, 0.717) is 12.3 Å². The van der Waals surface area contributed by atoms with Gasteiger partial charge in [-0.3, -0.25) is 0 Å². The molecule has 2 aliphatic rings. The van der Waals surface area contributed by atoms with Gasteiger partial charge < -0.3 is 5.32 Å². The van der Waals surface area contributed by atoms with Gasteiger partial charge in [-0.1, -0.05) is 6.42 Å². The van der Waals surface area contributed by atoms with Crippen molar-refractivity contribution < 1.29 is 8.42 Å². The molecule has 0 atom stereocenters. The van der Waals surface area contributed by atoms with Crippen molar-refractivity contribution in [1.82, 2.24) is 5.32 Å². The zero-order valence-electron chi connectivity index (χ0n) is 7.17. The Hall–Kier alpha value is -0.0900. The quantitative estimate of drug-likeness (QED) is 0.597. The molecule has 12 heavy (non-hydrogen) atoms. The molecule has 3 nitrogen and oxygen atoms in total. The first-order valence-electron chi connectivity index (χ1n) is 4.59. The van der Waals surface area contributed by atoms with E-state index in [-0.39, 0.29) is 4.75 Å². The molecule has 1 spiro atoms. The van der Waals surface area contributed by atoms with Gasteiger partial charge >= 0.3 is 0 Å². The summed E-state index contributed by atoms with van der Waals surface area (Å²) in [6.07, 6.45) is 3.72. The molecule has 1 aliphatic heterocycles. The fourth-order valence-electron chi connectivity index (χ4n) is 2.15. The minimum atomic E-state index is -2.79. The Balaban J connectivity index is 2.28. The van der Waals surface area contributed by atoms with Gasteiger partial charge in [-0.25, -0.2) is 8.42 Å². The van der Waals surface area contributed by atoms with Crippen LogP contribution in [0.25, 0.3) is 0 Å². The van der Waals surface area contributed by atoms with Crippen molar-refractivity contribution in [1.29, 1.82) is 0 Å². The highest BCUT2D eigenvalue weighted by Gasteiger charge is 2.48. The first kappa shape index (κ1) is 8.51. The lowest BCUT2D eigenvalue weighted by atomic mass is 9.82. The Morgan fingerprint density at radius 2 is 1.83 bits per heavy atom. The number of hydrogen-bond acceptors (Lipinski definition) is 3. The second-order valence-electron chi connectivity index (χ2n) is 3.86. The summed E-state index contributed by atoms with van der Waals surface area (Å²) < 4.78 is 23.2. The van der Waals surface area contributed by atoms with Crippen LogP contribution in [0.4, 0.5) is 0 Å². The van der Waals surface area contributed by atoms with Crippen LogP contribution in [0.2, 0.25) is 0 Å². The van der Waals surface area contributed by atoms with Crippen molar-refractivity contribution in [2.45, 2.75) is 30.4 Å². The van der Waals surface area contributed by atoms with Crippen LogP contribution in [0.15, 0.2) is 0 Å². The average molecular weight is 189 g/mol. The third-order valence-electron chi connectivity index (χ3n) is 3.23. The van der Waals surface area contributed by atoms with E-state index < -0.39 is 9.84 Å². The summed E-state index contributed by atoms with van der Waals surface area (Å²) in [5.74, 6) is 0.340. The molecule has 1 N–H and O–H groups in total. The van der Waals surface area contributed by atoms with Gasteiger partial charge in [0.2, 0.25) is 0 Å². The molecular weight excluding hydrogens is 174 g/mol. The molecule has 70 valence electrons. The maximum absolute atomic E-state index is 11.8. The number of hydrogen-bond donors (Lipinski definition) is 1. The summed E-state index contributed by atoms with van der Waals surface area (Å²) in [5.41, 5.74) is 0.